The predicted octanol–water partition coefficient (Wildman–Crippen LogP) is 0.243. The highest BCUT2D eigenvalue weighted by Gasteiger charge is 2.14. The Balaban J connectivity index is 2.72. The molecule has 0 aliphatic rings. The molecule has 1 amide bonds. The smallest absolute Gasteiger partial charge is 0.240 e. The minimum Gasteiger partial charge on any atom is -0.399 e. The largest absolute Gasteiger partial charge is 0.399 e. The molecule has 112 valence electrons. The number of rotatable bonds is 6. The van der Waals surface area contributed by atoms with Crippen molar-refractivity contribution < 1.29 is 13.2 Å². The van der Waals surface area contributed by atoms with Gasteiger partial charge in [-0.15, -0.1) is 0 Å². The van der Waals surface area contributed by atoms with Gasteiger partial charge in [0.2, 0.25) is 15.9 Å². The molecule has 1 rings (SSSR count). The summed E-state index contributed by atoms with van der Waals surface area (Å²) in [5.41, 5.74) is 6.18. The Labute approximate surface area is 118 Å². The van der Waals surface area contributed by atoms with Crippen molar-refractivity contribution >= 4 is 27.3 Å². The summed E-state index contributed by atoms with van der Waals surface area (Å²) in [6, 6.07) is 4.44. The average Bonchev–Trinajstić information content (AvgIpc) is 2.28. The van der Waals surface area contributed by atoms with Crippen LogP contribution in [0.15, 0.2) is 23.1 Å². The monoisotopic (exact) mass is 300 g/mol. The first-order valence-corrected chi connectivity index (χ1v) is 7.70. The second-order valence-corrected chi connectivity index (χ2v) is 6.23. The summed E-state index contributed by atoms with van der Waals surface area (Å²) in [6.45, 7) is 4.03. The molecular weight excluding hydrogens is 280 g/mol. The third-order valence-electron chi connectivity index (χ3n) is 2.43. The zero-order valence-electron chi connectivity index (χ0n) is 11.5. The van der Waals surface area contributed by atoms with E-state index >= 15 is 0 Å². The Morgan fingerprint density at radius 1 is 1.35 bits per heavy atom. The SMILES string of the molecule is CC(C)NC(=O)CCNc1ccc(N)cc1S(N)(=O)=O. The number of anilines is 2. The van der Waals surface area contributed by atoms with E-state index in [1.807, 2.05) is 13.8 Å². The maximum Gasteiger partial charge on any atom is 0.240 e. The molecule has 0 saturated heterocycles. The lowest BCUT2D eigenvalue weighted by molar-refractivity contribution is -0.121. The van der Waals surface area contributed by atoms with E-state index in [2.05, 4.69) is 10.6 Å². The van der Waals surface area contributed by atoms with E-state index in [4.69, 9.17) is 10.9 Å². The number of primary sulfonamides is 1. The van der Waals surface area contributed by atoms with Crippen molar-refractivity contribution in [2.45, 2.75) is 31.2 Å². The second-order valence-electron chi connectivity index (χ2n) is 4.70. The highest BCUT2D eigenvalue weighted by atomic mass is 32.2. The van der Waals surface area contributed by atoms with Crippen LogP contribution in [0.5, 0.6) is 0 Å². The van der Waals surface area contributed by atoms with Crippen LogP contribution >= 0.6 is 0 Å². The van der Waals surface area contributed by atoms with Crippen molar-refractivity contribution in [3.63, 3.8) is 0 Å². The van der Waals surface area contributed by atoms with Crippen molar-refractivity contribution in [3.05, 3.63) is 18.2 Å². The van der Waals surface area contributed by atoms with Gasteiger partial charge in [0, 0.05) is 24.7 Å². The zero-order valence-corrected chi connectivity index (χ0v) is 12.3. The fourth-order valence-corrected chi connectivity index (χ4v) is 2.37. The third kappa shape index (κ3) is 5.06. The molecule has 1 aromatic rings. The Kier molecular flexibility index (Phi) is 5.34. The van der Waals surface area contributed by atoms with E-state index in [1.165, 1.54) is 12.1 Å². The molecule has 1 aromatic carbocycles. The summed E-state index contributed by atoms with van der Waals surface area (Å²) >= 11 is 0. The third-order valence-corrected chi connectivity index (χ3v) is 3.38. The molecule has 0 unspecified atom stereocenters. The van der Waals surface area contributed by atoms with Crippen molar-refractivity contribution in [1.29, 1.82) is 0 Å². The van der Waals surface area contributed by atoms with E-state index < -0.39 is 10.0 Å². The molecule has 0 heterocycles. The first-order chi connectivity index (χ1) is 9.20. The van der Waals surface area contributed by atoms with Gasteiger partial charge in [0.05, 0.1) is 5.69 Å². The number of benzene rings is 1. The van der Waals surface area contributed by atoms with E-state index in [0.717, 1.165) is 0 Å². The van der Waals surface area contributed by atoms with Gasteiger partial charge in [-0.25, -0.2) is 13.6 Å². The van der Waals surface area contributed by atoms with Crippen molar-refractivity contribution in [2.75, 3.05) is 17.6 Å². The Morgan fingerprint density at radius 3 is 2.55 bits per heavy atom. The number of carbonyl (C=O) groups excluding carboxylic acids is 1. The number of carbonyl (C=O) groups is 1. The fourth-order valence-electron chi connectivity index (χ4n) is 1.63. The first kappa shape index (κ1) is 16.3. The summed E-state index contributed by atoms with van der Waals surface area (Å²) in [7, 11) is -3.87. The van der Waals surface area contributed by atoms with Crippen molar-refractivity contribution in [1.82, 2.24) is 5.32 Å². The molecule has 0 aliphatic heterocycles. The van der Waals surface area contributed by atoms with Crippen LogP contribution in [0.25, 0.3) is 0 Å². The molecule has 20 heavy (non-hydrogen) atoms. The van der Waals surface area contributed by atoms with Gasteiger partial charge in [-0.05, 0) is 32.0 Å². The summed E-state index contributed by atoms with van der Waals surface area (Å²) < 4.78 is 22.9. The van der Waals surface area contributed by atoms with Gasteiger partial charge in [0.15, 0.2) is 0 Å². The van der Waals surface area contributed by atoms with Gasteiger partial charge in [-0.3, -0.25) is 4.79 Å². The summed E-state index contributed by atoms with van der Waals surface area (Å²) in [4.78, 5) is 11.4. The van der Waals surface area contributed by atoms with Crippen LogP contribution < -0.4 is 21.5 Å². The molecule has 0 aliphatic carbocycles. The highest BCUT2D eigenvalue weighted by molar-refractivity contribution is 7.89. The summed E-state index contributed by atoms with van der Waals surface area (Å²) in [6.07, 6.45) is 0.229. The van der Waals surface area contributed by atoms with Crippen molar-refractivity contribution in [3.8, 4) is 0 Å². The predicted molar refractivity (Wildman–Crippen MR) is 78.6 cm³/mol. The van der Waals surface area contributed by atoms with E-state index in [-0.39, 0.29) is 23.3 Å². The molecule has 7 nitrogen and oxygen atoms in total. The normalized spacial score (nSPS) is 11.4. The molecule has 8 heteroatoms. The van der Waals surface area contributed by atoms with Crippen LogP contribution in [-0.2, 0) is 14.8 Å². The number of hydrogen-bond acceptors (Lipinski definition) is 5. The van der Waals surface area contributed by atoms with Gasteiger partial charge in [-0.2, -0.15) is 0 Å². The van der Waals surface area contributed by atoms with Crippen LogP contribution in [0, 0.1) is 0 Å². The number of nitrogens with two attached hydrogens (primary N) is 2. The van der Waals surface area contributed by atoms with E-state index in [0.29, 0.717) is 17.9 Å². The van der Waals surface area contributed by atoms with Crippen LogP contribution in [0.1, 0.15) is 20.3 Å². The Bertz CT molecular complexity index is 584. The molecular formula is C12H20N4O3S. The molecule has 0 fully saturated rings. The van der Waals surface area contributed by atoms with Gasteiger partial charge >= 0.3 is 0 Å². The number of nitrogens with one attached hydrogen (secondary N) is 2. The number of nitrogen functional groups attached to an aromatic ring is 1. The summed E-state index contributed by atoms with van der Waals surface area (Å²) in [5, 5.41) is 10.7. The van der Waals surface area contributed by atoms with Crippen LogP contribution in [0.4, 0.5) is 11.4 Å². The lowest BCUT2D eigenvalue weighted by Gasteiger charge is -2.12. The maximum atomic E-state index is 11.5. The number of sulfonamides is 1. The Morgan fingerprint density at radius 2 is 2.00 bits per heavy atom. The first-order valence-electron chi connectivity index (χ1n) is 6.15. The lowest BCUT2D eigenvalue weighted by atomic mass is 10.2. The molecule has 0 bridgehead atoms. The van der Waals surface area contributed by atoms with Gasteiger partial charge in [0.1, 0.15) is 4.90 Å². The van der Waals surface area contributed by atoms with Crippen LogP contribution in [0.2, 0.25) is 0 Å². The molecule has 0 saturated carbocycles. The molecule has 6 N–H and O–H groups in total. The topological polar surface area (TPSA) is 127 Å². The van der Waals surface area contributed by atoms with Gasteiger partial charge in [-0.1, -0.05) is 0 Å². The van der Waals surface area contributed by atoms with Gasteiger partial charge in [0.25, 0.3) is 0 Å². The fraction of sp³-hybridized carbons (Fsp3) is 0.417. The van der Waals surface area contributed by atoms with Crippen molar-refractivity contribution in [2.24, 2.45) is 5.14 Å². The average molecular weight is 300 g/mol. The van der Waals surface area contributed by atoms with E-state index in [1.54, 1.807) is 6.07 Å². The maximum absolute atomic E-state index is 11.5. The van der Waals surface area contributed by atoms with Crippen LogP contribution in [-0.4, -0.2) is 26.9 Å². The highest BCUT2D eigenvalue weighted by Crippen LogP contribution is 2.22. The zero-order chi connectivity index (χ0) is 15.3. The number of amides is 1. The number of hydrogen-bond donors (Lipinski definition) is 4. The summed E-state index contributed by atoms with van der Waals surface area (Å²) in [5.74, 6) is -0.111. The second kappa shape index (κ2) is 6.58. The minimum absolute atomic E-state index is 0.0685. The van der Waals surface area contributed by atoms with Gasteiger partial charge < -0.3 is 16.4 Å². The lowest BCUT2D eigenvalue weighted by Crippen LogP contribution is -2.31. The van der Waals surface area contributed by atoms with E-state index in [9.17, 15) is 13.2 Å². The molecule has 0 atom stereocenters. The molecule has 0 radical (unpaired) electrons. The molecule has 0 aromatic heterocycles. The Hall–Kier alpha value is -1.80. The molecule has 0 spiro atoms. The quantitative estimate of drug-likeness (QED) is 0.560. The van der Waals surface area contributed by atoms with Crippen LogP contribution in [0.3, 0.4) is 0 Å². The standard InChI is InChI=1S/C12H20N4O3S/c1-8(2)16-12(17)5-6-15-10-4-3-9(13)7-11(10)20(14,18)19/h3-4,7-8,15H,5-6,13H2,1-2H3,(H,16,17)(H2,14,18,19). The minimum atomic E-state index is -3.87.